The molecule has 0 saturated heterocycles. The Morgan fingerprint density at radius 1 is 1.27 bits per heavy atom. The van der Waals surface area contributed by atoms with Gasteiger partial charge in [-0.1, -0.05) is 13.8 Å². The molecule has 0 spiro atoms. The van der Waals surface area contributed by atoms with Gasteiger partial charge in [0.15, 0.2) is 0 Å². The monoisotopic (exact) mass is 209 g/mol. The second kappa shape index (κ2) is 6.22. The lowest BCUT2D eigenvalue weighted by atomic mass is 10.4. The molecule has 84 valence electrons. The molecule has 0 unspecified atom stereocenters. The zero-order chi connectivity index (χ0) is 11.1. The largest absolute Gasteiger partial charge is 0.478 e. The van der Waals surface area contributed by atoms with E-state index in [0.29, 0.717) is 12.5 Å². The molecule has 1 rings (SSSR count). The second-order valence-corrected chi connectivity index (χ2v) is 3.22. The first-order valence-electron chi connectivity index (χ1n) is 5.54. The molecule has 1 aromatic rings. The van der Waals surface area contributed by atoms with Gasteiger partial charge < -0.3 is 10.1 Å². The van der Waals surface area contributed by atoms with Crippen molar-refractivity contribution in [1.82, 2.24) is 9.97 Å². The molecule has 1 N–H and O–H groups in total. The van der Waals surface area contributed by atoms with Gasteiger partial charge in [0.25, 0.3) is 0 Å². The van der Waals surface area contributed by atoms with E-state index in [2.05, 4.69) is 22.2 Å². The molecular weight excluding hydrogens is 190 g/mol. The van der Waals surface area contributed by atoms with Gasteiger partial charge in [-0.2, -0.15) is 4.98 Å². The summed E-state index contributed by atoms with van der Waals surface area (Å²) < 4.78 is 5.38. The highest BCUT2D eigenvalue weighted by atomic mass is 16.5. The summed E-state index contributed by atoms with van der Waals surface area (Å²) >= 11 is 0. The molecule has 0 radical (unpaired) electrons. The van der Waals surface area contributed by atoms with Gasteiger partial charge in [-0.05, 0) is 13.3 Å². The average molecular weight is 209 g/mol. The first-order valence-corrected chi connectivity index (χ1v) is 5.54. The van der Waals surface area contributed by atoms with Gasteiger partial charge in [0, 0.05) is 19.0 Å². The average Bonchev–Trinajstić information content (AvgIpc) is 2.26. The minimum Gasteiger partial charge on any atom is -0.478 e. The second-order valence-electron chi connectivity index (χ2n) is 3.22. The number of hydrogen-bond donors (Lipinski definition) is 1. The third kappa shape index (κ3) is 3.73. The van der Waals surface area contributed by atoms with Gasteiger partial charge in [0.1, 0.15) is 11.6 Å². The molecule has 4 heteroatoms. The van der Waals surface area contributed by atoms with Gasteiger partial charge in [0.05, 0.1) is 6.61 Å². The molecule has 0 bridgehead atoms. The summed E-state index contributed by atoms with van der Waals surface area (Å²) in [4.78, 5) is 8.65. The van der Waals surface area contributed by atoms with Gasteiger partial charge in [-0.15, -0.1) is 0 Å². The zero-order valence-corrected chi connectivity index (χ0v) is 9.71. The van der Waals surface area contributed by atoms with Crippen LogP contribution in [-0.2, 0) is 6.42 Å². The predicted molar refractivity (Wildman–Crippen MR) is 61.4 cm³/mol. The summed E-state index contributed by atoms with van der Waals surface area (Å²) in [6, 6.07) is 1.85. The smallest absolute Gasteiger partial charge is 0.218 e. The molecule has 1 aromatic heterocycles. The van der Waals surface area contributed by atoms with Crippen molar-refractivity contribution in [3.05, 3.63) is 11.9 Å². The van der Waals surface area contributed by atoms with Crippen LogP contribution in [0.3, 0.4) is 0 Å². The molecular formula is C11H19N3O. The first kappa shape index (κ1) is 11.8. The fourth-order valence-corrected chi connectivity index (χ4v) is 1.20. The van der Waals surface area contributed by atoms with E-state index in [4.69, 9.17) is 4.74 Å². The third-order valence-corrected chi connectivity index (χ3v) is 1.91. The number of rotatable bonds is 6. The van der Waals surface area contributed by atoms with Crippen LogP contribution in [0.25, 0.3) is 0 Å². The van der Waals surface area contributed by atoms with Crippen molar-refractivity contribution in [1.29, 1.82) is 0 Å². The van der Waals surface area contributed by atoms with E-state index < -0.39 is 0 Å². The summed E-state index contributed by atoms with van der Waals surface area (Å²) in [5.41, 5.74) is 0. The van der Waals surface area contributed by atoms with Gasteiger partial charge in [-0.25, -0.2) is 4.98 Å². The summed E-state index contributed by atoms with van der Waals surface area (Å²) in [6.45, 7) is 7.67. The number of aromatic nitrogens is 2. The van der Waals surface area contributed by atoms with E-state index in [0.717, 1.165) is 31.0 Å². The highest BCUT2D eigenvalue weighted by molar-refractivity contribution is 5.38. The van der Waals surface area contributed by atoms with Crippen molar-refractivity contribution in [3.8, 4) is 5.88 Å². The van der Waals surface area contributed by atoms with Crippen molar-refractivity contribution in [2.75, 3.05) is 18.5 Å². The molecule has 0 aromatic carbocycles. The van der Waals surface area contributed by atoms with Gasteiger partial charge in [0.2, 0.25) is 5.88 Å². The summed E-state index contributed by atoms with van der Waals surface area (Å²) in [5, 5.41) is 3.24. The highest BCUT2D eigenvalue weighted by Gasteiger charge is 2.03. The maximum Gasteiger partial charge on any atom is 0.218 e. The lowest BCUT2D eigenvalue weighted by Crippen LogP contribution is -2.06. The highest BCUT2D eigenvalue weighted by Crippen LogP contribution is 2.13. The van der Waals surface area contributed by atoms with E-state index in [1.807, 2.05) is 19.9 Å². The van der Waals surface area contributed by atoms with Crippen LogP contribution < -0.4 is 10.1 Å². The van der Waals surface area contributed by atoms with Crippen LogP contribution >= 0.6 is 0 Å². The SMILES string of the molecule is CCCNc1cc(OCC)nc(CC)n1. The molecule has 4 nitrogen and oxygen atoms in total. The van der Waals surface area contributed by atoms with Crippen LogP contribution in [0, 0.1) is 0 Å². The van der Waals surface area contributed by atoms with Crippen molar-refractivity contribution < 1.29 is 4.74 Å². The number of anilines is 1. The molecule has 0 saturated carbocycles. The molecule has 0 fully saturated rings. The van der Waals surface area contributed by atoms with E-state index in [-0.39, 0.29) is 0 Å². The Hall–Kier alpha value is -1.32. The van der Waals surface area contributed by atoms with E-state index >= 15 is 0 Å². The maximum atomic E-state index is 5.38. The van der Waals surface area contributed by atoms with Crippen molar-refractivity contribution in [2.45, 2.75) is 33.6 Å². The molecule has 0 aliphatic heterocycles. The topological polar surface area (TPSA) is 47.0 Å². The minimum absolute atomic E-state index is 0.632. The standard InChI is InChI=1S/C11H19N3O/c1-4-7-12-10-8-11(15-6-3)14-9(5-2)13-10/h8H,4-7H2,1-3H3,(H,12,13,14). The van der Waals surface area contributed by atoms with Crippen LogP contribution in [0.4, 0.5) is 5.82 Å². The summed E-state index contributed by atoms with van der Waals surface area (Å²) in [7, 11) is 0. The number of aryl methyl sites for hydroxylation is 1. The normalized spacial score (nSPS) is 10.1. The van der Waals surface area contributed by atoms with Gasteiger partial charge in [-0.3, -0.25) is 0 Å². The lowest BCUT2D eigenvalue weighted by molar-refractivity contribution is 0.325. The van der Waals surface area contributed by atoms with Crippen LogP contribution in [0.5, 0.6) is 5.88 Å². The first-order chi connectivity index (χ1) is 7.30. The van der Waals surface area contributed by atoms with E-state index in [1.54, 1.807) is 0 Å². The van der Waals surface area contributed by atoms with Crippen LogP contribution in [-0.4, -0.2) is 23.1 Å². The summed E-state index contributed by atoms with van der Waals surface area (Å²) in [5.74, 6) is 2.33. The van der Waals surface area contributed by atoms with Crippen molar-refractivity contribution in [3.63, 3.8) is 0 Å². The lowest BCUT2D eigenvalue weighted by Gasteiger charge is -2.08. The minimum atomic E-state index is 0.632. The Morgan fingerprint density at radius 3 is 2.67 bits per heavy atom. The van der Waals surface area contributed by atoms with Crippen molar-refractivity contribution >= 4 is 5.82 Å². The van der Waals surface area contributed by atoms with E-state index in [9.17, 15) is 0 Å². The van der Waals surface area contributed by atoms with Crippen LogP contribution in [0.15, 0.2) is 6.07 Å². The van der Waals surface area contributed by atoms with Crippen molar-refractivity contribution in [2.24, 2.45) is 0 Å². The summed E-state index contributed by atoms with van der Waals surface area (Å²) in [6.07, 6.45) is 1.90. The van der Waals surface area contributed by atoms with E-state index in [1.165, 1.54) is 0 Å². The predicted octanol–water partition coefficient (Wildman–Crippen LogP) is 2.26. The molecule has 0 aliphatic carbocycles. The zero-order valence-electron chi connectivity index (χ0n) is 9.71. The molecule has 0 aliphatic rings. The number of hydrogen-bond acceptors (Lipinski definition) is 4. The Bertz CT molecular complexity index is 302. The molecule has 15 heavy (non-hydrogen) atoms. The Labute approximate surface area is 91.1 Å². The Kier molecular flexibility index (Phi) is 4.87. The third-order valence-electron chi connectivity index (χ3n) is 1.91. The fourth-order valence-electron chi connectivity index (χ4n) is 1.20. The Balaban J connectivity index is 2.79. The van der Waals surface area contributed by atoms with Crippen LogP contribution in [0.1, 0.15) is 33.0 Å². The Morgan fingerprint density at radius 2 is 2.07 bits per heavy atom. The molecule has 1 heterocycles. The fraction of sp³-hybridized carbons (Fsp3) is 0.636. The maximum absolute atomic E-state index is 5.38. The quantitative estimate of drug-likeness (QED) is 0.780. The van der Waals surface area contributed by atoms with Crippen LogP contribution in [0.2, 0.25) is 0 Å². The molecule has 0 amide bonds. The number of ether oxygens (including phenoxy) is 1. The number of nitrogens with one attached hydrogen (secondary N) is 1. The number of nitrogens with zero attached hydrogens (tertiary/aromatic N) is 2. The van der Waals surface area contributed by atoms with Gasteiger partial charge >= 0.3 is 0 Å². The molecule has 0 atom stereocenters.